The van der Waals surface area contributed by atoms with E-state index < -0.39 is 15.4 Å². The Morgan fingerprint density at radius 1 is 1.19 bits per heavy atom. The molecule has 1 saturated heterocycles. The molecule has 0 unspecified atom stereocenters. The van der Waals surface area contributed by atoms with Gasteiger partial charge in [-0.15, -0.1) is 0 Å². The number of benzene rings is 2. The zero-order valence-electron chi connectivity index (χ0n) is 20.4. The zero-order chi connectivity index (χ0) is 26.2. The molecule has 1 aliphatic carbocycles. The van der Waals surface area contributed by atoms with Crippen molar-refractivity contribution < 1.29 is 23.1 Å². The minimum Gasteiger partial charge on any atom is -0.495 e. The molecule has 2 heterocycles. The summed E-state index contributed by atoms with van der Waals surface area (Å²) < 4.78 is 32.7. The highest BCUT2D eigenvalue weighted by molar-refractivity contribution is 7.89. The van der Waals surface area contributed by atoms with Gasteiger partial charge in [-0.25, -0.2) is 13.4 Å². The predicted octanol–water partition coefficient (Wildman–Crippen LogP) is 4.23. The summed E-state index contributed by atoms with van der Waals surface area (Å²) >= 11 is 6.29. The van der Waals surface area contributed by atoms with Gasteiger partial charge in [0.05, 0.1) is 34.7 Å². The number of methoxy groups -OCH3 is 1. The van der Waals surface area contributed by atoms with E-state index in [1.54, 1.807) is 61.7 Å². The molecular weight excluding hydrogens is 514 g/mol. The largest absolute Gasteiger partial charge is 0.495 e. The topological polar surface area (TPSA) is 109 Å². The molecule has 1 amide bonds. The quantitative estimate of drug-likeness (QED) is 0.442. The molecule has 0 radical (unpaired) electrons. The van der Waals surface area contributed by atoms with Gasteiger partial charge in [0, 0.05) is 18.2 Å². The van der Waals surface area contributed by atoms with Crippen molar-refractivity contribution >= 4 is 33.3 Å². The maximum Gasteiger partial charge on any atom is 0.243 e. The Labute approximate surface area is 221 Å². The Morgan fingerprint density at radius 3 is 2.59 bits per heavy atom. The van der Waals surface area contributed by atoms with Crippen LogP contribution in [0.25, 0.3) is 11.3 Å². The monoisotopic (exact) mass is 541 g/mol. The van der Waals surface area contributed by atoms with Gasteiger partial charge in [0.15, 0.2) is 0 Å². The van der Waals surface area contributed by atoms with Crippen LogP contribution in [0.3, 0.4) is 0 Å². The van der Waals surface area contributed by atoms with E-state index in [9.17, 15) is 18.3 Å². The number of sulfonamides is 1. The van der Waals surface area contributed by atoms with E-state index >= 15 is 0 Å². The molecule has 194 valence electrons. The second-order valence-corrected chi connectivity index (χ2v) is 11.7. The lowest BCUT2D eigenvalue weighted by Gasteiger charge is -2.22. The van der Waals surface area contributed by atoms with Crippen LogP contribution < -0.4 is 10.1 Å². The predicted molar refractivity (Wildman–Crippen MR) is 141 cm³/mol. The van der Waals surface area contributed by atoms with Crippen LogP contribution in [0.15, 0.2) is 65.6 Å². The van der Waals surface area contributed by atoms with Gasteiger partial charge in [-0.1, -0.05) is 35.9 Å². The van der Waals surface area contributed by atoms with Gasteiger partial charge >= 0.3 is 0 Å². The second-order valence-electron chi connectivity index (χ2n) is 9.41. The first-order chi connectivity index (χ1) is 17.8. The highest BCUT2D eigenvalue weighted by Gasteiger charge is 2.51. The summed E-state index contributed by atoms with van der Waals surface area (Å²) in [6, 6.07) is 16.9. The first-order valence-corrected chi connectivity index (χ1v) is 14.0. The Balaban J connectivity index is 1.33. The minimum atomic E-state index is -3.69. The van der Waals surface area contributed by atoms with Gasteiger partial charge in [0.1, 0.15) is 11.6 Å². The number of aromatic nitrogens is 1. The fraction of sp³-hybridized carbons (Fsp3) is 0.333. The number of aliphatic hydroxyl groups excluding tert-OH is 1. The molecule has 1 atom stereocenters. The third kappa shape index (κ3) is 4.84. The summed E-state index contributed by atoms with van der Waals surface area (Å²) in [6.45, 7) is 0.218. The molecule has 2 aliphatic rings. The summed E-state index contributed by atoms with van der Waals surface area (Å²) in [5.41, 5.74) is 1.52. The van der Waals surface area contributed by atoms with Crippen molar-refractivity contribution in [3.63, 3.8) is 0 Å². The van der Waals surface area contributed by atoms with Crippen LogP contribution in [-0.4, -0.2) is 55.0 Å². The molecule has 3 aromatic rings. The molecule has 2 fully saturated rings. The second kappa shape index (κ2) is 10.1. The molecule has 8 nitrogen and oxygen atoms in total. The molecule has 0 bridgehead atoms. The summed E-state index contributed by atoms with van der Waals surface area (Å²) in [4.78, 5) is 18.0. The van der Waals surface area contributed by atoms with Crippen molar-refractivity contribution in [3.05, 3.63) is 71.2 Å². The maximum atomic E-state index is 13.2. The third-order valence-corrected chi connectivity index (χ3v) is 9.43. The number of nitrogens with zero attached hydrogens (tertiary/aromatic N) is 2. The Kier molecular flexibility index (Phi) is 6.97. The van der Waals surface area contributed by atoms with Crippen molar-refractivity contribution in [2.45, 2.75) is 42.0 Å². The van der Waals surface area contributed by atoms with Gasteiger partial charge in [-0.2, -0.15) is 4.31 Å². The van der Waals surface area contributed by atoms with Crippen LogP contribution >= 0.6 is 11.6 Å². The lowest BCUT2D eigenvalue weighted by molar-refractivity contribution is -0.118. The first kappa shape index (κ1) is 25.7. The maximum absolute atomic E-state index is 13.2. The SMILES string of the molecule is COc1ccc(C2(C(=O)Nc3cccc(-c4ccc(S(=O)(=O)N5CCC[C@@H]5CO)cc4)n3)CC2)cc1Cl. The number of rotatable bonds is 8. The standard InChI is InChI=1S/C27H28ClN3O5S/c1-36-24-12-9-19(16-22(24)28)27(13-14-27)26(33)30-25-6-2-5-23(29-25)18-7-10-21(11-8-18)37(34,35)31-15-3-4-20(31)17-32/h2,5-12,16,20,32H,3-4,13-15,17H2,1H3,(H,29,30,33)/t20-/m1/s1. The van der Waals surface area contributed by atoms with E-state index in [1.807, 2.05) is 6.07 Å². The van der Waals surface area contributed by atoms with Crippen LogP contribution in [0.5, 0.6) is 5.75 Å². The van der Waals surface area contributed by atoms with Gasteiger partial charge < -0.3 is 15.2 Å². The molecule has 37 heavy (non-hydrogen) atoms. The van der Waals surface area contributed by atoms with Crippen LogP contribution in [0.2, 0.25) is 5.02 Å². The molecule has 5 rings (SSSR count). The average molecular weight is 542 g/mol. The third-order valence-electron chi connectivity index (χ3n) is 7.17. The van der Waals surface area contributed by atoms with Gasteiger partial charge in [0.2, 0.25) is 15.9 Å². The average Bonchev–Trinajstić information content (AvgIpc) is 3.58. The van der Waals surface area contributed by atoms with Crippen molar-refractivity contribution in [1.29, 1.82) is 0 Å². The van der Waals surface area contributed by atoms with Crippen LogP contribution in [0, 0.1) is 0 Å². The number of hydrogen-bond acceptors (Lipinski definition) is 6. The Bertz CT molecular complexity index is 1420. The number of aliphatic hydroxyl groups is 1. The van der Waals surface area contributed by atoms with Crippen molar-refractivity contribution in [3.8, 4) is 17.0 Å². The molecule has 10 heteroatoms. The van der Waals surface area contributed by atoms with E-state index in [4.69, 9.17) is 16.3 Å². The number of hydrogen-bond donors (Lipinski definition) is 2. The summed E-state index contributed by atoms with van der Waals surface area (Å²) in [6.07, 6.45) is 2.82. The normalized spacial score (nSPS) is 18.9. The molecule has 2 aromatic carbocycles. The van der Waals surface area contributed by atoms with E-state index in [0.29, 0.717) is 48.1 Å². The first-order valence-electron chi connectivity index (χ1n) is 12.1. The molecular formula is C27H28ClN3O5S. The zero-order valence-corrected chi connectivity index (χ0v) is 21.9. The Morgan fingerprint density at radius 2 is 1.95 bits per heavy atom. The number of pyridine rings is 1. The van der Waals surface area contributed by atoms with E-state index in [1.165, 1.54) is 4.31 Å². The molecule has 0 spiro atoms. The lowest BCUT2D eigenvalue weighted by Crippen LogP contribution is -2.37. The number of carbonyl (C=O) groups is 1. The number of amides is 1. The van der Waals surface area contributed by atoms with Gasteiger partial charge in [0.25, 0.3) is 0 Å². The summed E-state index contributed by atoms with van der Waals surface area (Å²) in [5.74, 6) is 0.820. The van der Waals surface area contributed by atoms with Crippen LogP contribution in [-0.2, 0) is 20.2 Å². The fourth-order valence-corrected chi connectivity index (χ4v) is 6.82. The van der Waals surface area contributed by atoms with Crippen LogP contribution in [0.4, 0.5) is 5.82 Å². The highest BCUT2D eigenvalue weighted by Crippen LogP contribution is 2.50. The van der Waals surface area contributed by atoms with E-state index in [-0.39, 0.29) is 23.5 Å². The van der Waals surface area contributed by atoms with Crippen LogP contribution in [0.1, 0.15) is 31.2 Å². The molecule has 1 aliphatic heterocycles. The van der Waals surface area contributed by atoms with Gasteiger partial charge in [-0.05, 0) is 67.6 Å². The van der Waals surface area contributed by atoms with E-state index in [0.717, 1.165) is 17.5 Å². The number of anilines is 1. The molecule has 2 N–H and O–H groups in total. The fourth-order valence-electron chi connectivity index (χ4n) is 4.88. The van der Waals surface area contributed by atoms with Crippen molar-refractivity contribution in [1.82, 2.24) is 9.29 Å². The summed E-state index contributed by atoms with van der Waals surface area (Å²) in [5, 5.41) is 12.9. The Hall–Kier alpha value is -2.98. The summed E-state index contributed by atoms with van der Waals surface area (Å²) in [7, 11) is -2.14. The van der Waals surface area contributed by atoms with Crippen molar-refractivity contribution in [2.75, 3.05) is 25.6 Å². The molecule has 1 aromatic heterocycles. The van der Waals surface area contributed by atoms with Gasteiger partial charge in [-0.3, -0.25) is 4.79 Å². The smallest absolute Gasteiger partial charge is 0.243 e. The number of nitrogens with one attached hydrogen (secondary N) is 1. The molecule has 1 saturated carbocycles. The number of carbonyl (C=O) groups excluding carboxylic acids is 1. The highest BCUT2D eigenvalue weighted by atomic mass is 35.5. The lowest BCUT2D eigenvalue weighted by atomic mass is 9.95. The number of halogens is 1. The number of ether oxygens (including phenoxy) is 1. The van der Waals surface area contributed by atoms with Crippen molar-refractivity contribution in [2.24, 2.45) is 0 Å². The van der Waals surface area contributed by atoms with E-state index in [2.05, 4.69) is 10.3 Å². The minimum absolute atomic E-state index is 0.149.